The van der Waals surface area contributed by atoms with Crippen molar-refractivity contribution in [3.63, 3.8) is 0 Å². The Labute approximate surface area is 264 Å². The number of anilines is 3. The van der Waals surface area contributed by atoms with Crippen molar-refractivity contribution in [3.05, 3.63) is 91.0 Å². The van der Waals surface area contributed by atoms with Crippen LogP contribution in [0.25, 0.3) is 21.8 Å². The number of H-pyrrole nitrogens is 1. The first kappa shape index (κ1) is 31.5. The van der Waals surface area contributed by atoms with Gasteiger partial charge >= 0.3 is 0 Å². The first-order valence-electron chi connectivity index (χ1n) is 16.9. The molecule has 1 N–H and O–H groups in total. The molecule has 0 bridgehead atoms. The summed E-state index contributed by atoms with van der Waals surface area (Å²) in [4.78, 5) is 5.89. The Bertz CT molecular complexity index is 1510. The van der Waals surface area contributed by atoms with Crippen molar-refractivity contribution in [2.24, 2.45) is 11.8 Å². The lowest BCUT2D eigenvalue weighted by atomic mass is 10.0. The number of fused-ring (bicyclic) bond motifs is 3. The molecule has 4 nitrogen and oxygen atoms in total. The Morgan fingerprint density at radius 1 is 0.568 bits per heavy atom. The molecule has 0 amide bonds. The van der Waals surface area contributed by atoms with Crippen molar-refractivity contribution in [2.45, 2.75) is 79.1 Å². The van der Waals surface area contributed by atoms with Crippen LogP contribution >= 0.6 is 0 Å². The molecule has 0 saturated carbocycles. The highest BCUT2D eigenvalue weighted by Gasteiger charge is 2.16. The van der Waals surface area contributed by atoms with Gasteiger partial charge in [-0.1, -0.05) is 84.4 Å². The maximum atomic E-state index is 6.25. The van der Waals surface area contributed by atoms with Gasteiger partial charge in [0.15, 0.2) is 0 Å². The number of rotatable bonds is 17. The number of aromatic amines is 1. The average molecular weight is 591 g/mol. The number of nitrogens with one attached hydrogen (secondary N) is 1. The van der Waals surface area contributed by atoms with Crippen molar-refractivity contribution in [3.8, 4) is 11.5 Å². The van der Waals surface area contributed by atoms with Crippen molar-refractivity contribution < 1.29 is 9.47 Å². The highest BCUT2D eigenvalue weighted by Crippen LogP contribution is 2.39. The maximum absolute atomic E-state index is 6.25. The molecule has 1 aromatic heterocycles. The number of aromatic nitrogens is 1. The predicted molar refractivity (Wildman–Crippen MR) is 188 cm³/mol. The summed E-state index contributed by atoms with van der Waals surface area (Å²) in [6.45, 7) is 10.6. The number of para-hydroxylation sites is 1. The predicted octanol–water partition coefficient (Wildman–Crippen LogP) is 12.0. The lowest BCUT2D eigenvalue weighted by molar-refractivity contribution is 0.233. The highest BCUT2D eigenvalue weighted by molar-refractivity contribution is 6.08. The van der Waals surface area contributed by atoms with Crippen LogP contribution in [0.15, 0.2) is 91.0 Å². The van der Waals surface area contributed by atoms with E-state index in [9.17, 15) is 0 Å². The molecule has 2 atom stereocenters. The third-order valence-electron chi connectivity index (χ3n) is 9.00. The lowest BCUT2D eigenvalue weighted by Gasteiger charge is -2.26. The van der Waals surface area contributed by atoms with E-state index in [1.165, 1.54) is 49.3 Å². The van der Waals surface area contributed by atoms with Gasteiger partial charge in [-0.15, -0.1) is 0 Å². The van der Waals surface area contributed by atoms with E-state index < -0.39 is 0 Å². The van der Waals surface area contributed by atoms with E-state index >= 15 is 0 Å². The minimum atomic E-state index is 0.606. The number of nitrogens with zero attached hydrogens (tertiary/aromatic N) is 1. The Kier molecular flexibility index (Phi) is 11.2. The van der Waals surface area contributed by atoms with Crippen molar-refractivity contribution in [2.75, 3.05) is 18.1 Å². The molecule has 0 aliphatic rings. The lowest BCUT2D eigenvalue weighted by Crippen LogP contribution is -2.12. The van der Waals surface area contributed by atoms with Gasteiger partial charge in [-0.25, -0.2) is 0 Å². The second-order valence-corrected chi connectivity index (χ2v) is 12.2. The summed E-state index contributed by atoms with van der Waals surface area (Å²) < 4.78 is 12.5. The number of hydrogen-bond donors (Lipinski definition) is 1. The van der Waals surface area contributed by atoms with E-state index in [4.69, 9.17) is 9.47 Å². The Balaban J connectivity index is 1.42. The van der Waals surface area contributed by atoms with E-state index in [1.807, 2.05) is 0 Å². The molecule has 2 unspecified atom stereocenters. The van der Waals surface area contributed by atoms with E-state index in [0.29, 0.717) is 11.8 Å². The van der Waals surface area contributed by atoms with Crippen LogP contribution in [0.5, 0.6) is 11.5 Å². The van der Waals surface area contributed by atoms with E-state index in [-0.39, 0.29) is 0 Å². The highest BCUT2D eigenvalue weighted by atomic mass is 16.5. The summed E-state index contributed by atoms with van der Waals surface area (Å²) in [5, 5.41) is 2.46. The van der Waals surface area contributed by atoms with E-state index in [2.05, 4.69) is 129 Å². The summed E-state index contributed by atoms with van der Waals surface area (Å²) >= 11 is 0. The molecule has 1 heterocycles. The smallest absolute Gasteiger partial charge is 0.119 e. The second kappa shape index (κ2) is 15.7. The molecule has 5 rings (SSSR count). The van der Waals surface area contributed by atoms with E-state index in [1.54, 1.807) is 0 Å². The molecule has 0 radical (unpaired) electrons. The van der Waals surface area contributed by atoms with Gasteiger partial charge in [0.05, 0.1) is 13.2 Å². The van der Waals surface area contributed by atoms with Crippen LogP contribution in [0, 0.1) is 11.8 Å². The zero-order valence-electron chi connectivity index (χ0n) is 27.1. The fourth-order valence-corrected chi connectivity index (χ4v) is 6.03. The molecule has 4 aromatic carbocycles. The summed E-state index contributed by atoms with van der Waals surface area (Å²) in [6.07, 6.45) is 9.75. The largest absolute Gasteiger partial charge is 0.493 e. The van der Waals surface area contributed by atoms with Crippen LogP contribution in [0.3, 0.4) is 0 Å². The summed E-state index contributed by atoms with van der Waals surface area (Å²) in [7, 11) is 0. The summed E-state index contributed by atoms with van der Waals surface area (Å²) in [6, 6.07) is 32.3. The number of benzene rings is 4. The first-order chi connectivity index (χ1) is 21.6. The molecule has 0 aliphatic carbocycles. The van der Waals surface area contributed by atoms with Crippen molar-refractivity contribution >= 4 is 38.9 Å². The standard InChI is InChI=1S/C40H50N2O2/c1-5-9-13-30(7-3)28-43-35-22-17-32(18-23-35)42(33-19-24-36(25-20-33)44-29-31(8-4)14-10-6-2)34-21-26-40-38(27-34)37-15-11-12-16-39(37)41-40/h11-12,15-27,30-31,41H,5-10,13-14,28-29H2,1-4H3. The number of hydrogen-bond acceptors (Lipinski definition) is 3. The summed E-state index contributed by atoms with van der Waals surface area (Å²) in [5.74, 6) is 3.06. The molecule has 0 saturated heterocycles. The first-order valence-corrected chi connectivity index (χ1v) is 16.9. The molecule has 0 spiro atoms. The molecule has 4 heteroatoms. The monoisotopic (exact) mass is 590 g/mol. The van der Waals surface area contributed by atoms with Gasteiger partial charge in [0, 0.05) is 38.9 Å². The van der Waals surface area contributed by atoms with Gasteiger partial charge in [-0.3, -0.25) is 0 Å². The second-order valence-electron chi connectivity index (χ2n) is 12.2. The molecule has 232 valence electrons. The molecule has 44 heavy (non-hydrogen) atoms. The van der Waals surface area contributed by atoms with E-state index in [0.717, 1.165) is 65.6 Å². The average Bonchev–Trinajstić information content (AvgIpc) is 3.44. The summed E-state index contributed by atoms with van der Waals surface area (Å²) in [5.41, 5.74) is 5.59. The Morgan fingerprint density at radius 3 is 1.59 bits per heavy atom. The van der Waals surface area contributed by atoms with Gasteiger partial charge in [-0.2, -0.15) is 0 Å². The fraction of sp³-hybridized carbons (Fsp3) is 0.400. The third-order valence-corrected chi connectivity index (χ3v) is 9.00. The quantitative estimate of drug-likeness (QED) is 0.117. The van der Waals surface area contributed by atoms with Gasteiger partial charge in [0.1, 0.15) is 11.5 Å². The zero-order valence-corrected chi connectivity index (χ0v) is 27.1. The molecule has 0 fully saturated rings. The fourth-order valence-electron chi connectivity index (χ4n) is 6.03. The normalized spacial score (nSPS) is 12.8. The minimum Gasteiger partial charge on any atom is -0.493 e. The van der Waals surface area contributed by atoms with Gasteiger partial charge in [0.25, 0.3) is 0 Å². The van der Waals surface area contributed by atoms with Crippen LogP contribution < -0.4 is 14.4 Å². The molecular formula is C40H50N2O2. The van der Waals surface area contributed by atoms with Gasteiger partial charge in [-0.05, 0) is 97.5 Å². The number of unbranched alkanes of at least 4 members (excludes halogenated alkanes) is 2. The SMILES string of the molecule is CCCCC(CC)COc1ccc(N(c2ccc(OCC(CC)CCCC)cc2)c2ccc3[nH]c4ccccc4c3c2)cc1. The topological polar surface area (TPSA) is 37.5 Å². The van der Waals surface area contributed by atoms with Gasteiger partial charge in [0.2, 0.25) is 0 Å². The van der Waals surface area contributed by atoms with Crippen molar-refractivity contribution in [1.82, 2.24) is 4.98 Å². The Hall–Kier alpha value is -3.92. The molecule has 5 aromatic rings. The zero-order chi connectivity index (χ0) is 30.7. The minimum absolute atomic E-state index is 0.606. The Morgan fingerprint density at radius 2 is 1.07 bits per heavy atom. The third kappa shape index (κ3) is 7.77. The van der Waals surface area contributed by atoms with Crippen LogP contribution in [0.4, 0.5) is 17.1 Å². The van der Waals surface area contributed by atoms with Crippen molar-refractivity contribution in [1.29, 1.82) is 0 Å². The molecular weight excluding hydrogens is 540 g/mol. The maximum Gasteiger partial charge on any atom is 0.119 e. The molecule has 0 aliphatic heterocycles. The van der Waals surface area contributed by atoms with Crippen LogP contribution in [0.2, 0.25) is 0 Å². The van der Waals surface area contributed by atoms with Crippen LogP contribution in [0.1, 0.15) is 79.1 Å². The van der Waals surface area contributed by atoms with Crippen LogP contribution in [-0.4, -0.2) is 18.2 Å². The van der Waals surface area contributed by atoms with Crippen LogP contribution in [-0.2, 0) is 0 Å². The number of ether oxygens (including phenoxy) is 2. The van der Waals surface area contributed by atoms with Gasteiger partial charge < -0.3 is 19.4 Å².